The number of anilines is 1. The molecule has 1 heterocycles. The Labute approximate surface area is 181 Å². The molecule has 1 atom stereocenters. The maximum atomic E-state index is 13.4. The van der Waals surface area contributed by atoms with Crippen molar-refractivity contribution in [3.63, 3.8) is 0 Å². The van der Waals surface area contributed by atoms with Gasteiger partial charge in [-0.15, -0.1) is 0 Å². The average molecular weight is 416 g/mol. The number of fused-ring (bicyclic) bond motifs is 1. The van der Waals surface area contributed by atoms with Crippen LogP contribution in [0.5, 0.6) is 11.5 Å². The second-order valence-electron chi connectivity index (χ2n) is 7.35. The normalized spacial score (nSPS) is 13.5. The van der Waals surface area contributed by atoms with Crippen molar-refractivity contribution in [1.82, 2.24) is 4.90 Å². The number of amides is 2. The molecule has 158 valence electrons. The van der Waals surface area contributed by atoms with E-state index < -0.39 is 6.04 Å². The highest BCUT2D eigenvalue weighted by atomic mass is 16.5. The molecule has 0 saturated heterocycles. The molecule has 3 aromatic rings. The molecular weight excluding hydrogens is 392 g/mol. The summed E-state index contributed by atoms with van der Waals surface area (Å²) in [4.78, 5) is 28.1. The molecule has 0 bridgehead atoms. The van der Waals surface area contributed by atoms with Crippen molar-refractivity contribution in [2.75, 3.05) is 19.5 Å². The lowest BCUT2D eigenvalue weighted by Gasteiger charge is -2.27. The maximum absolute atomic E-state index is 13.4. The Morgan fingerprint density at radius 1 is 0.968 bits per heavy atom. The largest absolute Gasteiger partial charge is 0.493 e. The summed E-state index contributed by atoms with van der Waals surface area (Å²) >= 11 is 0. The summed E-state index contributed by atoms with van der Waals surface area (Å²) in [6, 6.07) is 21.7. The average Bonchev–Trinajstić information content (AvgIpc) is 3.14. The molecule has 0 spiro atoms. The fraction of sp³-hybridized carbons (Fsp3) is 0.200. The lowest BCUT2D eigenvalue weighted by atomic mass is 10.0. The van der Waals surface area contributed by atoms with Crippen molar-refractivity contribution < 1.29 is 19.1 Å². The number of rotatable bonds is 7. The lowest BCUT2D eigenvalue weighted by molar-refractivity contribution is -0.120. The minimum absolute atomic E-state index is 0.126. The first-order valence-corrected chi connectivity index (χ1v) is 10.1. The van der Waals surface area contributed by atoms with Gasteiger partial charge in [-0.05, 0) is 29.3 Å². The highest BCUT2D eigenvalue weighted by molar-refractivity contribution is 6.03. The van der Waals surface area contributed by atoms with E-state index in [2.05, 4.69) is 5.32 Å². The highest BCUT2D eigenvalue weighted by Crippen LogP contribution is 2.31. The Morgan fingerprint density at radius 3 is 2.39 bits per heavy atom. The molecule has 3 aromatic carbocycles. The zero-order valence-corrected chi connectivity index (χ0v) is 17.5. The third-order valence-corrected chi connectivity index (χ3v) is 5.45. The Balaban J connectivity index is 1.62. The number of hydrogen-bond donors (Lipinski definition) is 1. The van der Waals surface area contributed by atoms with Crippen LogP contribution < -0.4 is 14.8 Å². The summed E-state index contributed by atoms with van der Waals surface area (Å²) in [5.74, 6) is 0.715. The van der Waals surface area contributed by atoms with Crippen LogP contribution in [0.2, 0.25) is 0 Å². The van der Waals surface area contributed by atoms with Gasteiger partial charge in [0, 0.05) is 30.3 Å². The summed E-state index contributed by atoms with van der Waals surface area (Å²) in [5.41, 5.74) is 3.15. The molecule has 2 amide bonds. The smallest absolute Gasteiger partial charge is 0.255 e. The summed E-state index contributed by atoms with van der Waals surface area (Å²) in [6.07, 6.45) is 0.416. The molecule has 6 heteroatoms. The standard InChI is InChI=1S/C25H24N2O4/c1-30-22-13-12-19(15-23(22)31-2)26-24(28)21(14-17-8-4-3-5-9-17)27-16-18-10-6-7-11-20(18)25(27)29/h3-13,15,21H,14,16H2,1-2H3,(H,26,28)/t21-/m0/s1. The number of ether oxygens (including phenoxy) is 2. The third-order valence-electron chi connectivity index (χ3n) is 5.45. The van der Waals surface area contributed by atoms with E-state index >= 15 is 0 Å². The van der Waals surface area contributed by atoms with Crippen LogP contribution in [0, 0.1) is 0 Å². The number of nitrogens with one attached hydrogen (secondary N) is 1. The first kappa shape index (κ1) is 20.5. The van der Waals surface area contributed by atoms with Crippen LogP contribution in [0.4, 0.5) is 5.69 Å². The highest BCUT2D eigenvalue weighted by Gasteiger charge is 2.36. The molecule has 31 heavy (non-hydrogen) atoms. The molecule has 0 unspecified atom stereocenters. The van der Waals surface area contributed by atoms with Crippen molar-refractivity contribution in [1.29, 1.82) is 0 Å². The summed E-state index contributed by atoms with van der Waals surface area (Å²) < 4.78 is 10.6. The van der Waals surface area contributed by atoms with Crippen molar-refractivity contribution in [2.45, 2.75) is 19.0 Å². The van der Waals surface area contributed by atoms with E-state index in [1.165, 1.54) is 0 Å². The van der Waals surface area contributed by atoms with Crippen LogP contribution in [0.15, 0.2) is 72.8 Å². The number of carbonyl (C=O) groups excluding carboxylic acids is 2. The van der Waals surface area contributed by atoms with Gasteiger partial charge >= 0.3 is 0 Å². The molecule has 0 fully saturated rings. The van der Waals surface area contributed by atoms with Crippen molar-refractivity contribution >= 4 is 17.5 Å². The fourth-order valence-electron chi connectivity index (χ4n) is 3.85. The van der Waals surface area contributed by atoms with Gasteiger partial charge in [0.25, 0.3) is 5.91 Å². The van der Waals surface area contributed by atoms with E-state index in [0.717, 1.165) is 11.1 Å². The predicted molar refractivity (Wildman–Crippen MR) is 118 cm³/mol. The lowest BCUT2D eigenvalue weighted by Crippen LogP contribution is -2.45. The van der Waals surface area contributed by atoms with Gasteiger partial charge in [0.05, 0.1) is 14.2 Å². The second-order valence-corrected chi connectivity index (χ2v) is 7.35. The summed E-state index contributed by atoms with van der Waals surface area (Å²) in [6.45, 7) is 0.409. The number of carbonyl (C=O) groups is 2. The fourth-order valence-corrected chi connectivity index (χ4v) is 3.85. The van der Waals surface area contributed by atoms with Crippen molar-refractivity contribution in [2.24, 2.45) is 0 Å². The monoisotopic (exact) mass is 416 g/mol. The molecule has 6 nitrogen and oxygen atoms in total. The molecule has 0 aromatic heterocycles. The molecule has 1 aliphatic rings. The van der Waals surface area contributed by atoms with Gasteiger partial charge in [-0.2, -0.15) is 0 Å². The Kier molecular flexibility index (Phi) is 5.89. The van der Waals surface area contributed by atoms with Gasteiger partial charge in [0.1, 0.15) is 6.04 Å². The molecule has 1 aliphatic heterocycles. The van der Waals surface area contributed by atoms with E-state index in [9.17, 15) is 9.59 Å². The van der Waals surface area contributed by atoms with Gasteiger partial charge in [0.2, 0.25) is 5.91 Å². The number of methoxy groups -OCH3 is 2. The van der Waals surface area contributed by atoms with Crippen LogP contribution in [0.25, 0.3) is 0 Å². The second kappa shape index (κ2) is 8.92. The minimum atomic E-state index is -0.657. The zero-order chi connectivity index (χ0) is 21.8. The van der Waals surface area contributed by atoms with E-state index in [-0.39, 0.29) is 11.8 Å². The predicted octanol–water partition coefficient (Wildman–Crippen LogP) is 3.91. The topological polar surface area (TPSA) is 67.9 Å². The molecular formula is C25H24N2O4. The number of nitrogens with zero attached hydrogens (tertiary/aromatic N) is 1. The van der Waals surface area contributed by atoms with Crippen LogP contribution in [0.1, 0.15) is 21.5 Å². The molecule has 0 aliphatic carbocycles. The van der Waals surface area contributed by atoms with E-state index in [0.29, 0.717) is 35.7 Å². The van der Waals surface area contributed by atoms with Gasteiger partial charge in [0.15, 0.2) is 11.5 Å². The number of hydrogen-bond acceptors (Lipinski definition) is 4. The summed E-state index contributed by atoms with van der Waals surface area (Å²) in [5, 5.41) is 2.94. The first-order valence-electron chi connectivity index (χ1n) is 10.1. The van der Waals surface area contributed by atoms with E-state index in [1.54, 1.807) is 37.3 Å². The Morgan fingerprint density at radius 2 is 1.68 bits per heavy atom. The third kappa shape index (κ3) is 4.23. The maximum Gasteiger partial charge on any atom is 0.255 e. The van der Waals surface area contributed by atoms with Crippen LogP contribution in [-0.4, -0.2) is 37.0 Å². The van der Waals surface area contributed by atoms with Gasteiger partial charge in [-0.3, -0.25) is 9.59 Å². The Bertz CT molecular complexity index is 1100. The van der Waals surface area contributed by atoms with E-state index in [1.807, 2.05) is 54.6 Å². The van der Waals surface area contributed by atoms with E-state index in [4.69, 9.17) is 9.47 Å². The first-order chi connectivity index (χ1) is 15.1. The van der Waals surface area contributed by atoms with Gasteiger partial charge in [-0.25, -0.2) is 0 Å². The van der Waals surface area contributed by atoms with Gasteiger partial charge in [-0.1, -0.05) is 48.5 Å². The molecule has 1 N–H and O–H groups in total. The van der Waals surface area contributed by atoms with Crippen molar-refractivity contribution in [3.8, 4) is 11.5 Å². The van der Waals surface area contributed by atoms with Gasteiger partial charge < -0.3 is 19.7 Å². The minimum Gasteiger partial charge on any atom is -0.493 e. The zero-order valence-electron chi connectivity index (χ0n) is 17.5. The molecule has 4 rings (SSSR count). The van der Waals surface area contributed by atoms with Crippen LogP contribution >= 0.6 is 0 Å². The summed E-state index contributed by atoms with van der Waals surface area (Å²) in [7, 11) is 3.10. The molecule has 0 saturated carbocycles. The quantitative estimate of drug-likeness (QED) is 0.634. The number of benzene rings is 3. The molecule has 0 radical (unpaired) electrons. The van der Waals surface area contributed by atoms with Crippen LogP contribution in [0.3, 0.4) is 0 Å². The van der Waals surface area contributed by atoms with Crippen LogP contribution in [-0.2, 0) is 17.8 Å². The van der Waals surface area contributed by atoms with Crippen molar-refractivity contribution in [3.05, 3.63) is 89.5 Å². The SMILES string of the molecule is COc1ccc(NC(=O)[C@H](Cc2ccccc2)N2Cc3ccccc3C2=O)cc1OC. The Hall–Kier alpha value is -3.80.